The molecule has 2 aromatic carbocycles. The van der Waals surface area contributed by atoms with Gasteiger partial charge in [0.2, 0.25) is 0 Å². The van der Waals surface area contributed by atoms with Crippen LogP contribution < -0.4 is 0 Å². The molecule has 27 heavy (non-hydrogen) atoms. The van der Waals surface area contributed by atoms with Crippen molar-refractivity contribution in [3.8, 4) is 0 Å². The second kappa shape index (κ2) is 6.99. The van der Waals surface area contributed by atoms with Crippen molar-refractivity contribution in [3.05, 3.63) is 76.5 Å². The maximum absolute atomic E-state index is 12.0. The molecule has 0 atom stereocenters. The van der Waals surface area contributed by atoms with Crippen LogP contribution in [-0.2, 0) is 6.42 Å². The summed E-state index contributed by atoms with van der Waals surface area (Å²) in [6.45, 7) is 4.38. The second-order valence-corrected chi connectivity index (χ2v) is 7.48. The first kappa shape index (κ1) is 17.5. The van der Waals surface area contributed by atoms with E-state index in [9.17, 15) is 9.90 Å². The quantitative estimate of drug-likeness (QED) is 0.632. The smallest absolute Gasteiger partial charge is 0.336 e. The number of para-hydroxylation sites is 1. The lowest BCUT2D eigenvalue weighted by Crippen LogP contribution is -2.13. The van der Waals surface area contributed by atoms with Crippen molar-refractivity contribution in [1.82, 2.24) is 4.98 Å². The van der Waals surface area contributed by atoms with Crippen molar-refractivity contribution < 1.29 is 9.90 Å². The van der Waals surface area contributed by atoms with E-state index in [2.05, 4.69) is 44.2 Å². The molecule has 0 radical (unpaired) electrons. The Labute approximate surface area is 159 Å². The Hall–Kier alpha value is -2.94. The monoisotopic (exact) mass is 357 g/mol. The number of carboxylic acid groups (broad SMARTS) is 1. The molecule has 3 nitrogen and oxygen atoms in total. The highest BCUT2D eigenvalue weighted by Gasteiger charge is 2.24. The van der Waals surface area contributed by atoms with Crippen LogP contribution in [0.3, 0.4) is 0 Å². The molecule has 0 spiro atoms. The molecule has 1 N–H and O–H groups in total. The van der Waals surface area contributed by atoms with Crippen molar-refractivity contribution in [2.24, 2.45) is 0 Å². The number of nitrogens with zero attached hydrogens (tertiary/aromatic N) is 1. The van der Waals surface area contributed by atoms with Crippen molar-refractivity contribution in [1.29, 1.82) is 0 Å². The molecule has 0 bridgehead atoms. The van der Waals surface area contributed by atoms with Crippen LogP contribution in [0.15, 0.2) is 48.5 Å². The maximum atomic E-state index is 12.0. The van der Waals surface area contributed by atoms with E-state index >= 15 is 0 Å². The Kier molecular flexibility index (Phi) is 4.53. The predicted molar refractivity (Wildman–Crippen MR) is 110 cm³/mol. The SMILES string of the molecule is CC(C)c1ccc(/C=C2/CCCc3c2nc2ccccc2c3C(=O)O)cc1. The summed E-state index contributed by atoms with van der Waals surface area (Å²) < 4.78 is 0. The minimum absolute atomic E-state index is 0.413. The lowest BCUT2D eigenvalue weighted by Gasteiger charge is -2.21. The maximum Gasteiger partial charge on any atom is 0.336 e. The molecular weight excluding hydrogens is 334 g/mol. The van der Waals surface area contributed by atoms with Gasteiger partial charge in [-0.05, 0) is 59.6 Å². The molecule has 1 aliphatic rings. The fourth-order valence-electron chi connectivity index (χ4n) is 3.90. The Balaban J connectivity index is 1.87. The van der Waals surface area contributed by atoms with Gasteiger partial charge in [-0.15, -0.1) is 0 Å². The van der Waals surface area contributed by atoms with Crippen LogP contribution in [0.1, 0.15) is 65.3 Å². The van der Waals surface area contributed by atoms with E-state index in [1.165, 1.54) is 5.56 Å². The van der Waals surface area contributed by atoms with Crippen LogP contribution in [0.2, 0.25) is 0 Å². The van der Waals surface area contributed by atoms with Gasteiger partial charge >= 0.3 is 5.97 Å². The number of pyridine rings is 1. The normalized spacial score (nSPS) is 15.3. The molecule has 0 amide bonds. The summed E-state index contributed by atoms with van der Waals surface area (Å²) in [7, 11) is 0. The number of fused-ring (bicyclic) bond motifs is 2. The third-order valence-electron chi connectivity index (χ3n) is 5.33. The number of carbonyl (C=O) groups is 1. The molecular formula is C24H23NO2. The third kappa shape index (κ3) is 3.25. The van der Waals surface area contributed by atoms with Crippen LogP contribution in [0.4, 0.5) is 0 Å². The standard InChI is InChI=1S/C24H23NO2/c1-15(2)17-12-10-16(11-13-17)14-18-6-5-8-20-22(24(26)27)19-7-3-4-9-21(19)25-23(18)20/h3-4,7,9-15H,5-6,8H2,1-2H3,(H,26,27)/b18-14-. The zero-order valence-corrected chi connectivity index (χ0v) is 15.7. The van der Waals surface area contributed by atoms with E-state index in [0.717, 1.165) is 52.6 Å². The highest BCUT2D eigenvalue weighted by atomic mass is 16.4. The number of aromatic carboxylic acids is 1. The Morgan fingerprint density at radius 2 is 1.81 bits per heavy atom. The molecule has 4 rings (SSSR count). The van der Waals surface area contributed by atoms with Crippen LogP contribution in [0, 0.1) is 0 Å². The van der Waals surface area contributed by atoms with Gasteiger partial charge in [-0.25, -0.2) is 9.78 Å². The fraction of sp³-hybridized carbons (Fsp3) is 0.250. The van der Waals surface area contributed by atoms with Gasteiger partial charge in [0, 0.05) is 5.39 Å². The molecule has 0 aliphatic heterocycles. The molecule has 0 saturated heterocycles. The Morgan fingerprint density at radius 1 is 1.07 bits per heavy atom. The number of benzene rings is 2. The van der Waals surface area contributed by atoms with Crippen molar-refractivity contribution in [3.63, 3.8) is 0 Å². The summed E-state index contributed by atoms with van der Waals surface area (Å²) in [5.74, 6) is -0.361. The Morgan fingerprint density at radius 3 is 2.52 bits per heavy atom. The first-order valence-electron chi connectivity index (χ1n) is 9.50. The van der Waals surface area contributed by atoms with E-state index in [1.807, 2.05) is 24.3 Å². The number of carboxylic acids is 1. The molecule has 0 unspecified atom stereocenters. The zero-order chi connectivity index (χ0) is 19.0. The molecule has 136 valence electrons. The van der Waals surface area contributed by atoms with E-state index in [0.29, 0.717) is 11.5 Å². The van der Waals surface area contributed by atoms with Crippen molar-refractivity contribution in [2.75, 3.05) is 0 Å². The Bertz CT molecular complexity index is 1050. The number of aromatic nitrogens is 1. The van der Waals surface area contributed by atoms with Crippen LogP contribution >= 0.6 is 0 Å². The summed E-state index contributed by atoms with van der Waals surface area (Å²) in [6.07, 6.45) is 4.79. The van der Waals surface area contributed by atoms with E-state index in [4.69, 9.17) is 4.98 Å². The summed E-state index contributed by atoms with van der Waals surface area (Å²) in [5.41, 5.74) is 6.46. The predicted octanol–water partition coefficient (Wildman–Crippen LogP) is 5.93. The van der Waals surface area contributed by atoms with Gasteiger partial charge in [-0.2, -0.15) is 0 Å². The lowest BCUT2D eigenvalue weighted by molar-refractivity contribution is 0.0697. The van der Waals surface area contributed by atoms with Gasteiger partial charge in [-0.1, -0.05) is 56.3 Å². The van der Waals surface area contributed by atoms with Crippen LogP contribution in [0.25, 0.3) is 22.6 Å². The molecule has 1 heterocycles. The summed E-state index contributed by atoms with van der Waals surface area (Å²) in [5, 5.41) is 10.6. The number of allylic oxidation sites excluding steroid dienone is 1. The average molecular weight is 357 g/mol. The topological polar surface area (TPSA) is 50.2 Å². The summed E-state index contributed by atoms with van der Waals surface area (Å²) in [6, 6.07) is 16.1. The van der Waals surface area contributed by atoms with Crippen molar-refractivity contribution in [2.45, 2.75) is 39.0 Å². The zero-order valence-electron chi connectivity index (χ0n) is 15.7. The minimum atomic E-state index is -0.868. The average Bonchev–Trinajstić information content (AvgIpc) is 2.66. The fourth-order valence-corrected chi connectivity index (χ4v) is 3.90. The van der Waals surface area contributed by atoms with Crippen LogP contribution in [0.5, 0.6) is 0 Å². The molecule has 3 heteroatoms. The van der Waals surface area contributed by atoms with Gasteiger partial charge in [0.1, 0.15) is 0 Å². The van der Waals surface area contributed by atoms with Gasteiger partial charge in [0.15, 0.2) is 0 Å². The molecule has 0 saturated carbocycles. The molecule has 3 aromatic rings. The lowest BCUT2D eigenvalue weighted by atomic mass is 9.86. The number of hydrogen-bond acceptors (Lipinski definition) is 2. The van der Waals surface area contributed by atoms with Crippen LogP contribution in [-0.4, -0.2) is 16.1 Å². The molecule has 1 aromatic heterocycles. The summed E-state index contributed by atoms with van der Waals surface area (Å²) in [4.78, 5) is 16.9. The highest BCUT2D eigenvalue weighted by Crippen LogP contribution is 2.36. The van der Waals surface area contributed by atoms with E-state index in [-0.39, 0.29) is 0 Å². The molecule has 1 aliphatic carbocycles. The first-order chi connectivity index (χ1) is 13.0. The van der Waals surface area contributed by atoms with Gasteiger partial charge in [0.05, 0.1) is 16.8 Å². The number of hydrogen-bond donors (Lipinski definition) is 1. The van der Waals surface area contributed by atoms with Gasteiger partial charge in [0.25, 0.3) is 0 Å². The summed E-state index contributed by atoms with van der Waals surface area (Å²) >= 11 is 0. The largest absolute Gasteiger partial charge is 0.478 e. The van der Waals surface area contributed by atoms with E-state index < -0.39 is 5.97 Å². The second-order valence-electron chi connectivity index (χ2n) is 7.48. The number of rotatable bonds is 3. The van der Waals surface area contributed by atoms with Gasteiger partial charge < -0.3 is 5.11 Å². The third-order valence-corrected chi connectivity index (χ3v) is 5.33. The first-order valence-corrected chi connectivity index (χ1v) is 9.50. The molecule has 0 fully saturated rings. The minimum Gasteiger partial charge on any atom is -0.478 e. The highest BCUT2D eigenvalue weighted by molar-refractivity contribution is 6.05. The van der Waals surface area contributed by atoms with E-state index in [1.54, 1.807) is 0 Å². The van der Waals surface area contributed by atoms with Crippen molar-refractivity contribution >= 4 is 28.5 Å². The van der Waals surface area contributed by atoms with Gasteiger partial charge in [-0.3, -0.25) is 0 Å².